The number of nitrogens with zero attached hydrogens (tertiary/aromatic N) is 1. The molecule has 0 aromatic heterocycles. The Morgan fingerprint density at radius 2 is 1.88 bits per heavy atom. The van der Waals surface area contributed by atoms with E-state index >= 15 is 0 Å². The molecular formula is C11H11Br2NO3. The van der Waals surface area contributed by atoms with E-state index in [2.05, 4.69) is 31.9 Å². The van der Waals surface area contributed by atoms with E-state index in [0.29, 0.717) is 5.56 Å². The van der Waals surface area contributed by atoms with Gasteiger partial charge < -0.3 is 10.0 Å². The lowest BCUT2D eigenvalue weighted by Gasteiger charge is -2.24. The van der Waals surface area contributed by atoms with E-state index in [9.17, 15) is 14.7 Å². The molecule has 1 unspecified atom stereocenters. The molecule has 0 fully saturated rings. The van der Waals surface area contributed by atoms with E-state index in [-0.39, 0.29) is 5.91 Å². The fourth-order valence-corrected chi connectivity index (χ4v) is 2.04. The smallest absolute Gasteiger partial charge is 0.331 e. The number of hydrogen-bond acceptors (Lipinski definition) is 2. The molecule has 1 amide bonds. The van der Waals surface area contributed by atoms with Crippen LogP contribution in [0, 0.1) is 0 Å². The lowest BCUT2D eigenvalue weighted by molar-refractivity contribution is -0.148. The highest BCUT2D eigenvalue weighted by Crippen LogP contribution is 2.28. The molecule has 6 heteroatoms. The van der Waals surface area contributed by atoms with Gasteiger partial charge in [0, 0.05) is 22.9 Å². The zero-order valence-corrected chi connectivity index (χ0v) is 12.4. The Bertz CT molecular complexity index is 462. The van der Waals surface area contributed by atoms with Gasteiger partial charge in [0.1, 0.15) is 0 Å². The summed E-state index contributed by atoms with van der Waals surface area (Å²) >= 11 is 6.61. The highest BCUT2D eigenvalue weighted by atomic mass is 79.9. The molecule has 17 heavy (non-hydrogen) atoms. The molecule has 0 radical (unpaired) electrons. The molecule has 0 aliphatic heterocycles. The maximum atomic E-state index is 11.3. The molecule has 0 aliphatic rings. The van der Waals surface area contributed by atoms with E-state index < -0.39 is 12.0 Å². The van der Waals surface area contributed by atoms with Crippen LogP contribution in [0.4, 0.5) is 0 Å². The standard InChI is InChI=1S/C11H11Br2NO3/c1-6(15)14(2)10(11(16)17)7-3-4-8(12)9(13)5-7/h3-5,10H,1-2H3,(H,16,17). The van der Waals surface area contributed by atoms with Crippen molar-refractivity contribution in [3.05, 3.63) is 32.7 Å². The zero-order valence-electron chi connectivity index (χ0n) is 9.28. The van der Waals surface area contributed by atoms with Gasteiger partial charge in [-0.05, 0) is 49.6 Å². The van der Waals surface area contributed by atoms with Gasteiger partial charge in [0.15, 0.2) is 6.04 Å². The van der Waals surface area contributed by atoms with Gasteiger partial charge in [-0.25, -0.2) is 4.79 Å². The molecule has 92 valence electrons. The summed E-state index contributed by atoms with van der Waals surface area (Å²) in [6.07, 6.45) is 0. The molecule has 0 spiro atoms. The van der Waals surface area contributed by atoms with Crippen LogP contribution >= 0.6 is 31.9 Å². The van der Waals surface area contributed by atoms with Gasteiger partial charge in [-0.15, -0.1) is 0 Å². The van der Waals surface area contributed by atoms with E-state index in [4.69, 9.17) is 0 Å². The Hall–Kier alpha value is -0.880. The normalized spacial score (nSPS) is 12.0. The number of halogens is 2. The highest BCUT2D eigenvalue weighted by Gasteiger charge is 2.26. The van der Waals surface area contributed by atoms with Gasteiger partial charge in [-0.3, -0.25) is 4.79 Å². The predicted molar refractivity (Wildman–Crippen MR) is 70.7 cm³/mol. The minimum absolute atomic E-state index is 0.295. The SMILES string of the molecule is CC(=O)N(C)C(C(=O)O)c1ccc(Br)c(Br)c1. The lowest BCUT2D eigenvalue weighted by Crippen LogP contribution is -2.34. The van der Waals surface area contributed by atoms with Crippen molar-refractivity contribution in [2.24, 2.45) is 0 Å². The second kappa shape index (κ2) is 5.64. The number of carbonyl (C=O) groups excluding carboxylic acids is 1. The van der Waals surface area contributed by atoms with Crippen molar-refractivity contribution in [3.8, 4) is 0 Å². The maximum absolute atomic E-state index is 11.3. The topological polar surface area (TPSA) is 57.6 Å². The van der Waals surface area contributed by atoms with Crippen LogP contribution in [0.5, 0.6) is 0 Å². The Labute approximate surface area is 116 Å². The Morgan fingerprint density at radius 1 is 1.29 bits per heavy atom. The monoisotopic (exact) mass is 363 g/mol. The number of likely N-dealkylation sites (N-methyl/N-ethyl adjacent to an activating group) is 1. The number of benzene rings is 1. The largest absolute Gasteiger partial charge is 0.479 e. The van der Waals surface area contributed by atoms with E-state index in [1.54, 1.807) is 18.2 Å². The average molecular weight is 365 g/mol. The minimum atomic E-state index is -1.06. The number of carbonyl (C=O) groups is 2. The van der Waals surface area contributed by atoms with E-state index in [1.807, 2.05) is 0 Å². The summed E-state index contributed by atoms with van der Waals surface area (Å²) in [5.74, 6) is -1.35. The Balaban J connectivity index is 3.19. The van der Waals surface area contributed by atoms with Crippen LogP contribution in [0.3, 0.4) is 0 Å². The molecule has 1 N–H and O–H groups in total. The van der Waals surface area contributed by atoms with Crippen molar-refractivity contribution >= 4 is 43.7 Å². The maximum Gasteiger partial charge on any atom is 0.331 e. The predicted octanol–water partition coefficient (Wildman–Crippen LogP) is 2.82. The molecule has 0 heterocycles. The van der Waals surface area contributed by atoms with Crippen LogP contribution in [0.25, 0.3) is 0 Å². The van der Waals surface area contributed by atoms with Crippen LogP contribution in [-0.2, 0) is 9.59 Å². The highest BCUT2D eigenvalue weighted by molar-refractivity contribution is 9.13. The zero-order chi connectivity index (χ0) is 13.2. The summed E-state index contributed by atoms with van der Waals surface area (Å²) < 4.78 is 1.58. The Morgan fingerprint density at radius 3 is 2.29 bits per heavy atom. The van der Waals surface area contributed by atoms with Crippen LogP contribution in [0.15, 0.2) is 27.1 Å². The van der Waals surface area contributed by atoms with Gasteiger partial charge in [-0.1, -0.05) is 6.07 Å². The summed E-state index contributed by atoms with van der Waals surface area (Å²) in [7, 11) is 1.47. The molecule has 1 aromatic carbocycles. The first kappa shape index (κ1) is 14.2. The number of hydrogen-bond donors (Lipinski definition) is 1. The lowest BCUT2D eigenvalue weighted by atomic mass is 10.1. The van der Waals surface area contributed by atoms with Crippen molar-refractivity contribution < 1.29 is 14.7 Å². The number of carboxylic acids is 1. The summed E-state index contributed by atoms with van der Waals surface area (Å²) in [5.41, 5.74) is 0.547. The fraction of sp³-hybridized carbons (Fsp3) is 0.273. The summed E-state index contributed by atoms with van der Waals surface area (Å²) in [6.45, 7) is 1.34. The molecule has 0 bridgehead atoms. The molecule has 0 aliphatic carbocycles. The van der Waals surface area contributed by atoms with Crippen molar-refractivity contribution in [2.45, 2.75) is 13.0 Å². The molecule has 0 saturated carbocycles. The first-order chi connectivity index (χ1) is 7.84. The minimum Gasteiger partial charge on any atom is -0.479 e. The third-order valence-corrected chi connectivity index (χ3v) is 4.26. The Kier molecular flexibility index (Phi) is 4.70. The van der Waals surface area contributed by atoms with Crippen molar-refractivity contribution in [3.63, 3.8) is 0 Å². The molecular weight excluding hydrogens is 354 g/mol. The van der Waals surface area contributed by atoms with Gasteiger partial charge in [0.2, 0.25) is 5.91 Å². The number of aliphatic carboxylic acids is 1. The summed E-state index contributed by atoms with van der Waals surface area (Å²) in [4.78, 5) is 23.7. The molecule has 1 atom stereocenters. The van der Waals surface area contributed by atoms with Crippen LogP contribution in [0.2, 0.25) is 0 Å². The third kappa shape index (κ3) is 3.29. The van der Waals surface area contributed by atoms with Crippen molar-refractivity contribution in [1.29, 1.82) is 0 Å². The number of rotatable bonds is 3. The van der Waals surface area contributed by atoms with Crippen LogP contribution in [0.1, 0.15) is 18.5 Å². The second-order valence-corrected chi connectivity index (χ2v) is 5.25. The molecule has 1 aromatic rings. The first-order valence-corrected chi connectivity index (χ1v) is 6.34. The van der Waals surface area contributed by atoms with Gasteiger partial charge in [-0.2, -0.15) is 0 Å². The molecule has 4 nitrogen and oxygen atoms in total. The summed E-state index contributed by atoms with van der Waals surface area (Å²) in [5, 5.41) is 9.19. The molecule has 0 saturated heterocycles. The van der Waals surface area contributed by atoms with E-state index in [1.165, 1.54) is 18.9 Å². The van der Waals surface area contributed by atoms with Gasteiger partial charge in [0.25, 0.3) is 0 Å². The fourth-order valence-electron chi connectivity index (χ4n) is 1.40. The van der Waals surface area contributed by atoms with Gasteiger partial charge >= 0.3 is 5.97 Å². The number of carboxylic acid groups (broad SMARTS) is 1. The van der Waals surface area contributed by atoms with Crippen molar-refractivity contribution in [2.75, 3.05) is 7.05 Å². The van der Waals surface area contributed by atoms with E-state index in [0.717, 1.165) is 8.95 Å². The van der Waals surface area contributed by atoms with Crippen LogP contribution < -0.4 is 0 Å². The molecule has 1 rings (SSSR count). The van der Waals surface area contributed by atoms with Crippen molar-refractivity contribution in [1.82, 2.24) is 4.90 Å². The van der Waals surface area contributed by atoms with Crippen LogP contribution in [-0.4, -0.2) is 28.9 Å². The number of amides is 1. The third-order valence-electron chi connectivity index (χ3n) is 2.38. The quantitative estimate of drug-likeness (QED) is 0.897. The second-order valence-electron chi connectivity index (χ2n) is 3.54. The first-order valence-electron chi connectivity index (χ1n) is 4.75. The summed E-state index contributed by atoms with van der Waals surface area (Å²) in [6, 6.07) is 4.12. The average Bonchev–Trinajstić information content (AvgIpc) is 2.22. The van der Waals surface area contributed by atoms with Gasteiger partial charge in [0.05, 0.1) is 0 Å².